The molecule has 3 aromatic rings. The average Bonchev–Trinajstić information content (AvgIpc) is 3.51. The van der Waals surface area contributed by atoms with Gasteiger partial charge in [0.15, 0.2) is 5.16 Å². The van der Waals surface area contributed by atoms with Crippen LogP contribution in [0.5, 0.6) is 0 Å². The maximum Gasteiger partial charge on any atom is 0.256 e. The quantitative estimate of drug-likeness (QED) is 0.485. The topological polar surface area (TPSA) is 76.5 Å². The molecule has 0 spiro atoms. The molecular weight excluding hydrogens is 446 g/mol. The minimum atomic E-state index is -0.364. The van der Waals surface area contributed by atoms with Crippen molar-refractivity contribution < 1.29 is 9.21 Å². The lowest BCUT2D eigenvalue weighted by molar-refractivity contribution is -0.132. The van der Waals surface area contributed by atoms with Crippen LogP contribution in [0.3, 0.4) is 0 Å². The number of thioether (sulfide) groups is 1. The number of hydrogen-bond acceptors (Lipinski definition) is 6. The third-order valence-corrected chi connectivity index (χ3v) is 7.21. The Labute approximate surface area is 195 Å². The van der Waals surface area contributed by atoms with E-state index in [0.29, 0.717) is 11.4 Å². The van der Waals surface area contributed by atoms with Crippen LogP contribution >= 0.6 is 23.4 Å². The van der Waals surface area contributed by atoms with Crippen LogP contribution in [0.4, 0.5) is 0 Å². The fraction of sp³-hybridized carbons (Fsp3) is 0.391. The van der Waals surface area contributed by atoms with E-state index in [1.807, 2.05) is 43.3 Å². The highest BCUT2D eigenvalue weighted by Crippen LogP contribution is 2.36. The second kappa shape index (κ2) is 9.11. The average molecular weight is 470 g/mol. The van der Waals surface area contributed by atoms with Crippen molar-refractivity contribution in [1.29, 1.82) is 0 Å². The summed E-state index contributed by atoms with van der Waals surface area (Å²) in [7, 11) is 0. The molecule has 4 heterocycles. The van der Waals surface area contributed by atoms with Crippen LogP contribution in [-0.2, 0) is 17.8 Å². The fourth-order valence-corrected chi connectivity index (χ4v) is 5.24. The molecule has 0 unspecified atom stereocenters. The molecule has 0 aliphatic carbocycles. The highest BCUT2D eigenvalue weighted by atomic mass is 35.5. The number of carbonyl (C=O) groups excluding carboxylic acids is 1. The van der Waals surface area contributed by atoms with Crippen molar-refractivity contribution in [3.05, 3.63) is 64.8 Å². The smallest absolute Gasteiger partial charge is 0.256 e. The maximum absolute atomic E-state index is 13.5. The Balaban J connectivity index is 1.39. The molecule has 2 aliphatic rings. The van der Waals surface area contributed by atoms with Crippen molar-refractivity contribution in [3.63, 3.8) is 0 Å². The van der Waals surface area contributed by atoms with Gasteiger partial charge < -0.3 is 8.98 Å². The van der Waals surface area contributed by atoms with E-state index in [-0.39, 0.29) is 17.2 Å². The van der Waals surface area contributed by atoms with Crippen molar-refractivity contribution in [2.45, 2.75) is 62.0 Å². The van der Waals surface area contributed by atoms with Crippen LogP contribution in [0.15, 0.2) is 57.3 Å². The molecule has 1 aromatic carbocycles. The first-order valence-electron chi connectivity index (χ1n) is 10.9. The van der Waals surface area contributed by atoms with E-state index in [9.17, 15) is 4.79 Å². The number of nitrogens with zero attached hydrogens (tertiary/aromatic N) is 5. The van der Waals surface area contributed by atoms with E-state index in [2.05, 4.69) is 14.8 Å². The zero-order valence-electron chi connectivity index (χ0n) is 17.8. The van der Waals surface area contributed by atoms with Gasteiger partial charge in [0.05, 0.1) is 17.2 Å². The summed E-state index contributed by atoms with van der Waals surface area (Å²) < 4.78 is 7.82. The van der Waals surface area contributed by atoms with Gasteiger partial charge in [-0.2, -0.15) is 5.10 Å². The fourth-order valence-electron chi connectivity index (χ4n) is 4.17. The second-order valence-corrected chi connectivity index (χ2v) is 9.84. The monoisotopic (exact) mass is 469 g/mol. The first kappa shape index (κ1) is 21.3. The zero-order valence-corrected chi connectivity index (χ0v) is 19.3. The molecule has 32 heavy (non-hydrogen) atoms. The van der Waals surface area contributed by atoms with Crippen LogP contribution in [0.25, 0.3) is 0 Å². The SMILES string of the molecule is C[C@H](Sc1nnc2n1CCCCC2)C(=O)N1N=C(c2ccc(Cl)cc2)C[C@@H]1c1ccco1. The molecule has 0 N–H and O–H groups in total. The highest BCUT2D eigenvalue weighted by molar-refractivity contribution is 8.00. The maximum atomic E-state index is 13.5. The van der Waals surface area contributed by atoms with Gasteiger partial charge in [0.25, 0.3) is 5.91 Å². The second-order valence-electron chi connectivity index (χ2n) is 8.09. The lowest BCUT2D eigenvalue weighted by Crippen LogP contribution is -2.33. The predicted molar refractivity (Wildman–Crippen MR) is 124 cm³/mol. The summed E-state index contributed by atoms with van der Waals surface area (Å²) in [4.78, 5) is 13.5. The summed E-state index contributed by atoms with van der Waals surface area (Å²) in [5.74, 6) is 1.66. The summed E-state index contributed by atoms with van der Waals surface area (Å²) in [6.07, 6.45) is 6.60. The standard InChI is InChI=1S/C23H24ClN5O2S/c1-15(32-23-26-25-21-7-3-2-4-12-28(21)23)22(30)29-19(20-6-5-13-31-20)14-18(27-29)16-8-10-17(24)11-9-16/h5-6,8-11,13,15,19H,2-4,7,12,14H2,1H3/t15-,19+/m0/s1. The molecule has 0 saturated carbocycles. The van der Waals surface area contributed by atoms with Gasteiger partial charge in [0, 0.05) is 24.4 Å². The van der Waals surface area contributed by atoms with E-state index in [1.54, 1.807) is 11.3 Å². The number of amides is 1. The Hall–Kier alpha value is -2.58. The van der Waals surface area contributed by atoms with E-state index in [0.717, 1.165) is 53.8 Å². The Morgan fingerprint density at radius 3 is 2.81 bits per heavy atom. The lowest BCUT2D eigenvalue weighted by Gasteiger charge is -2.22. The van der Waals surface area contributed by atoms with Gasteiger partial charge >= 0.3 is 0 Å². The molecule has 0 radical (unpaired) electrons. The third-order valence-electron chi connectivity index (χ3n) is 5.89. The summed E-state index contributed by atoms with van der Waals surface area (Å²) in [6, 6.07) is 11.0. The first-order valence-corrected chi connectivity index (χ1v) is 12.1. The minimum absolute atomic E-state index is 0.0775. The number of hydrogen-bond donors (Lipinski definition) is 0. The van der Waals surface area contributed by atoms with E-state index in [4.69, 9.17) is 21.1 Å². The number of aromatic nitrogens is 3. The van der Waals surface area contributed by atoms with Crippen LogP contribution in [0, 0.1) is 0 Å². The van der Waals surface area contributed by atoms with Crippen LogP contribution < -0.4 is 0 Å². The number of aryl methyl sites for hydroxylation is 1. The number of halogens is 1. The number of carbonyl (C=O) groups is 1. The first-order chi connectivity index (χ1) is 15.6. The van der Waals surface area contributed by atoms with Crippen molar-refractivity contribution in [1.82, 2.24) is 19.8 Å². The third kappa shape index (κ3) is 4.21. The zero-order chi connectivity index (χ0) is 22.1. The molecule has 2 atom stereocenters. The van der Waals surface area contributed by atoms with Crippen molar-refractivity contribution in [2.75, 3.05) is 0 Å². The van der Waals surface area contributed by atoms with Gasteiger partial charge in [-0.3, -0.25) is 4.79 Å². The number of furan rings is 1. The van der Waals surface area contributed by atoms with Gasteiger partial charge in [0.2, 0.25) is 0 Å². The van der Waals surface area contributed by atoms with Crippen molar-refractivity contribution >= 4 is 35.0 Å². The Bertz CT molecular complexity index is 1130. The van der Waals surface area contributed by atoms with Gasteiger partial charge in [-0.05, 0) is 49.6 Å². The van der Waals surface area contributed by atoms with Crippen molar-refractivity contribution in [3.8, 4) is 0 Å². The molecule has 2 aromatic heterocycles. The number of benzene rings is 1. The van der Waals surface area contributed by atoms with Gasteiger partial charge in [-0.15, -0.1) is 10.2 Å². The van der Waals surface area contributed by atoms with E-state index >= 15 is 0 Å². The Morgan fingerprint density at radius 1 is 1.19 bits per heavy atom. The Kier molecular flexibility index (Phi) is 6.06. The molecule has 0 bridgehead atoms. The predicted octanol–water partition coefficient (Wildman–Crippen LogP) is 5.11. The molecule has 2 aliphatic heterocycles. The molecule has 166 valence electrons. The molecule has 7 nitrogen and oxygen atoms in total. The molecular formula is C23H24ClN5O2S. The molecule has 0 saturated heterocycles. The van der Waals surface area contributed by atoms with Crippen LogP contribution in [-0.4, -0.2) is 36.6 Å². The lowest BCUT2D eigenvalue weighted by atomic mass is 10.0. The summed E-state index contributed by atoms with van der Waals surface area (Å²) in [5, 5.41) is 16.1. The minimum Gasteiger partial charge on any atom is -0.467 e. The number of hydrazone groups is 1. The molecule has 1 amide bonds. The molecule has 0 fully saturated rings. The van der Waals surface area contributed by atoms with Gasteiger partial charge in [0.1, 0.15) is 17.6 Å². The number of rotatable bonds is 5. The summed E-state index contributed by atoms with van der Waals surface area (Å²) >= 11 is 7.49. The van der Waals surface area contributed by atoms with E-state index < -0.39 is 0 Å². The molecule has 5 rings (SSSR count). The number of fused-ring (bicyclic) bond motifs is 1. The van der Waals surface area contributed by atoms with Crippen molar-refractivity contribution in [2.24, 2.45) is 5.10 Å². The Morgan fingerprint density at radius 2 is 2.03 bits per heavy atom. The van der Waals surface area contributed by atoms with Crippen LogP contribution in [0.1, 0.15) is 55.8 Å². The largest absolute Gasteiger partial charge is 0.467 e. The van der Waals surface area contributed by atoms with Gasteiger partial charge in [-0.25, -0.2) is 5.01 Å². The highest BCUT2D eigenvalue weighted by Gasteiger charge is 2.37. The molecule has 9 heteroatoms. The van der Waals surface area contributed by atoms with Gasteiger partial charge in [-0.1, -0.05) is 41.9 Å². The summed E-state index contributed by atoms with van der Waals surface area (Å²) in [6.45, 7) is 2.81. The normalized spacial score (nSPS) is 19.4. The summed E-state index contributed by atoms with van der Waals surface area (Å²) in [5.41, 5.74) is 1.79. The van der Waals surface area contributed by atoms with Crippen LogP contribution in [0.2, 0.25) is 5.02 Å². The van der Waals surface area contributed by atoms with E-state index in [1.165, 1.54) is 18.2 Å².